The van der Waals surface area contributed by atoms with E-state index in [-0.39, 0.29) is 0 Å². The van der Waals surface area contributed by atoms with Crippen LogP contribution >= 0.6 is 0 Å². The van der Waals surface area contributed by atoms with Gasteiger partial charge < -0.3 is 14.8 Å². The average molecular weight is 334 g/mol. The maximum Gasteiger partial charge on any atom is 0.123 e. The lowest BCUT2D eigenvalue weighted by atomic mass is 10.1. The highest BCUT2D eigenvalue weighted by Gasteiger charge is 2.10. The highest BCUT2D eigenvalue weighted by molar-refractivity contribution is 5.76. The number of aryl methyl sites for hydroxylation is 1. The second-order valence-electron chi connectivity index (χ2n) is 5.84. The first-order valence-corrected chi connectivity index (χ1v) is 8.17. The van der Waals surface area contributed by atoms with E-state index in [1.54, 1.807) is 20.4 Å². The van der Waals surface area contributed by atoms with Crippen LogP contribution < -0.4 is 14.8 Å². The number of benzene rings is 2. The Morgan fingerprint density at radius 3 is 2.24 bits per heavy atom. The molecule has 128 valence electrons. The zero-order valence-corrected chi connectivity index (χ0v) is 14.7. The topological polar surface area (TPSA) is 43.4 Å². The minimum absolute atomic E-state index is 0.736. The Bertz CT molecular complexity index is 823. The van der Waals surface area contributed by atoms with Crippen LogP contribution in [0.5, 0.6) is 11.5 Å². The Kier molecular flexibility index (Phi) is 5.19. The van der Waals surface area contributed by atoms with Gasteiger partial charge in [-0.05, 0) is 36.8 Å². The summed E-state index contributed by atoms with van der Waals surface area (Å²) in [5, 5.41) is 3.48. The zero-order valence-electron chi connectivity index (χ0n) is 14.7. The monoisotopic (exact) mass is 334 g/mol. The smallest absolute Gasteiger partial charge is 0.123 e. The van der Waals surface area contributed by atoms with Crippen molar-refractivity contribution in [2.45, 2.75) is 13.5 Å². The Morgan fingerprint density at radius 2 is 1.60 bits per heavy atom. The number of nitrogens with zero attached hydrogens (tertiary/aromatic N) is 1. The first-order valence-electron chi connectivity index (χ1n) is 8.17. The molecule has 1 N–H and O–H groups in total. The minimum atomic E-state index is 0.736. The van der Waals surface area contributed by atoms with Gasteiger partial charge in [-0.3, -0.25) is 4.98 Å². The van der Waals surface area contributed by atoms with Crippen LogP contribution in [0.2, 0.25) is 0 Å². The predicted molar refractivity (Wildman–Crippen MR) is 101 cm³/mol. The number of pyridine rings is 1. The molecule has 0 aliphatic carbocycles. The van der Waals surface area contributed by atoms with Gasteiger partial charge in [0.1, 0.15) is 11.5 Å². The van der Waals surface area contributed by atoms with Crippen molar-refractivity contribution < 1.29 is 9.47 Å². The Hall–Kier alpha value is -3.01. The molecule has 3 rings (SSSR count). The summed E-state index contributed by atoms with van der Waals surface area (Å²) in [5.74, 6) is 1.48. The third-order valence-corrected chi connectivity index (χ3v) is 4.04. The van der Waals surface area contributed by atoms with E-state index in [4.69, 9.17) is 9.47 Å². The van der Waals surface area contributed by atoms with E-state index >= 15 is 0 Å². The van der Waals surface area contributed by atoms with Gasteiger partial charge in [-0.15, -0.1) is 0 Å². The summed E-state index contributed by atoms with van der Waals surface area (Å²) in [6.45, 7) is 2.83. The molecule has 0 atom stereocenters. The van der Waals surface area contributed by atoms with E-state index in [1.165, 1.54) is 11.1 Å². The SMILES string of the molecule is COc1cc(OC)cc(-c2ncccc2NCc2ccc(C)cc2)c1. The molecule has 0 unspecified atom stereocenters. The standard InChI is InChI=1S/C21H22N2O2/c1-15-6-8-16(9-7-15)14-23-20-5-4-10-22-21(20)17-11-18(24-2)13-19(12-17)25-3/h4-13,23H,14H2,1-3H3. The van der Waals surface area contributed by atoms with Crippen molar-refractivity contribution in [3.05, 3.63) is 71.9 Å². The van der Waals surface area contributed by atoms with E-state index in [1.807, 2.05) is 30.3 Å². The highest BCUT2D eigenvalue weighted by Crippen LogP contribution is 2.32. The molecule has 0 saturated heterocycles. The Balaban J connectivity index is 1.89. The van der Waals surface area contributed by atoms with Crippen molar-refractivity contribution in [1.29, 1.82) is 0 Å². The number of anilines is 1. The molecule has 3 aromatic rings. The molecule has 0 bridgehead atoms. The fourth-order valence-electron chi connectivity index (χ4n) is 2.63. The van der Waals surface area contributed by atoms with Gasteiger partial charge in [0, 0.05) is 24.4 Å². The third kappa shape index (κ3) is 4.10. The summed E-state index contributed by atoms with van der Waals surface area (Å²) in [5.41, 5.74) is 5.27. The molecule has 0 amide bonds. The average Bonchev–Trinajstić information content (AvgIpc) is 2.67. The molecular formula is C21H22N2O2. The van der Waals surface area contributed by atoms with Crippen LogP contribution in [0.25, 0.3) is 11.3 Å². The lowest BCUT2D eigenvalue weighted by molar-refractivity contribution is 0.394. The molecule has 0 fully saturated rings. The molecule has 0 saturated carbocycles. The summed E-state index contributed by atoms with van der Waals surface area (Å²) < 4.78 is 10.7. The van der Waals surface area contributed by atoms with Crippen LogP contribution in [0.15, 0.2) is 60.8 Å². The van der Waals surface area contributed by atoms with E-state index in [9.17, 15) is 0 Å². The number of nitrogens with one attached hydrogen (secondary N) is 1. The van der Waals surface area contributed by atoms with Crippen molar-refractivity contribution in [3.8, 4) is 22.8 Å². The number of ether oxygens (including phenoxy) is 2. The van der Waals surface area contributed by atoms with E-state index in [0.29, 0.717) is 0 Å². The number of rotatable bonds is 6. The Labute approximate surface area is 148 Å². The van der Waals surface area contributed by atoms with Crippen molar-refractivity contribution in [2.75, 3.05) is 19.5 Å². The summed E-state index contributed by atoms with van der Waals surface area (Å²) in [6, 6.07) is 18.2. The van der Waals surface area contributed by atoms with Gasteiger partial charge in [-0.2, -0.15) is 0 Å². The zero-order chi connectivity index (χ0) is 17.6. The summed E-state index contributed by atoms with van der Waals surface area (Å²) in [6.07, 6.45) is 1.79. The number of aromatic nitrogens is 1. The summed E-state index contributed by atoms with van der Waals surface area (Å²) in [4.78, 5) is 4.55. The lowest BCUT2D eigenvalue weighted by Gasteiger charge is -2.13. The van der Waals surface area contributed by atoms with Crippen LogP contribution in [-0.2, 0) is 6.54 Å². The van der Waals surface area contributed by atoms with Gasteiger partial charge in [0.25, 0.3) is 0 Å². The van der Waals surface area contributed by atoms with E-state index in [2.05, 4.69) is 41.5 Å². The first-order chi connectivity index (χ1) is 12.2. The third-order valence-electron chi connectivity index (χ3n) is 4.04. The van der Waals surface area contributed by atoms with Gasteiger partial charge in [-0.25, -0.2) is 0 Å². The van der Waals surface area contributed by atoms with Crippen LogP contribution in [0.4, 0.5) is 5.69 Å². The highest BCUT2D eigenvalue weighted by atomic mass is 16.5. The molecule has 4 heteroatoms. The van der Waals surface area contributed by atoms with E-state index < -0.39 is 0 Å². The largest absolute Gasteiger partial charge is 0.497 e. The predicted octanol–water partition coefficient (Wildman–Crippen LogP) is 4.69. The molecule has 4 nitrogen and oxygen atoms in total. The van der Waals surface area contributed by atoms with Crippen LogP contribution in [0, 0.1) is 6.92 Å². The quantitative estimate of drug-likeness (QED) is 0.710. The van der Waals surface area contributed by atoms with Crippen LogP contribution in [-0.4, -0.2) is 19.2 Å². The molecular weight excluding hydrogens is 312 g/mol. The van der Waals surface area contributed by atoms with Crippen LogP contribution in [0.3, 0.4) is 0 Å². The van der Waals surface area contributed by atoms with Crippen molar-refractivity contribution in [3.63, 3.8) is 0 Å². The van der Waals surface area contributed by atoms with Gasteiger partial charge >= 0.3 is 0 Å². The molecule has 0 radical (unpaired) electrons. The fourth-order valence-corrected chi connectivity index (χ4v) is 2.63. The number of methoxy groups -OCH3 is 2. The normalized spacial score (nSPS) is 10.4. The van der Waals surface area contributed by atoms with Crippen molar-refractivity contribution >= 4 is 5.69 Å². The molecule has 1 heterocycles. The minimum Gasteiger partial charge on any atom is -0.497 e. The number of hydrogen-bond acceptors (Lipinski definition) is 4. The van der Waals surface area contributed by atoms with Crippen molar-refractivity contribution in [1.82, 2.24) is 4.98 Å². The molecule has 0 spiro atoms. The molecule has 1 aromatic heterocycles. The number of hydrogen-bond donors (Lipinski definition) is 1. The Morgan fingerprint density at radius 1 is 0.920 bits per heavy atom. The van der Waals surface area contributed by atoms with E-state index in [0.717, 1.165) is 35.0 Å². The molecule has 0 aliphatic rings. The fraction of sp³-hybridized carbons (Fsp3) is 0.190. The molecule has 25 heavy (non-hydrogen) atoms. The molecule has 2 aromatic carbocycles. The first kappa shape index (κ1) is 16.8. The maximum absolute atomic E-state index is 5.37. The second-order valence-corrected chi connectivity index (χ2v) is 5.84. The maximum atomic E-state index is 5.37. The molecule has 0 aliphatic heterocycles. The second kappa shape index (κ2) is 7.71. The van der Waals surface area contributed by atoms with Gasteiger partial charge in [0.2, 0.25) is 0 Å². The lowest BCUT2D eigenvalue weighted by Crippen LogP contribution is -2.02. The van der Waals surface area contributed by atoms with Gasteiger partial charge in [-0.1, -0.05) is 29.8 Å². The van der Waals surface area contributed by atoms with Gasteiger partial charge in [0.05, 0.1) is 25.6 Å². The van der Waals surface area contributed by atoms with Crippen LogP contribution in [0.1, 0.15) is 11.1 Å². The van der Waals surface area contributed by atoms with Gasteiger partial charge in [0.15, 0.2) is 0 Å². The summed E-state index contributed by atoms with van der Waals surface area (Å²) >= 11 is 0. The summed E-state index contributed by atoms with van der Waals surface area (Å²) in [7, 11) is 3.29. The van der Waals surface area contributed by atoms with Crippen molar-refractivity contribution in [2.24, 2.45) is 0 Å².